The number of esters is 1. The molecule has 0 bridgehead atoms. The van der Waals surface area contributed by atoms with E-state index < -0.39 is 0 Å². The first-order chi connectivity index (χ1) is 8.24. The lowest BCUT2D eigenvalue weighted by Gasteiger charge is -2.36. The lowest BCUT2D eigenvalue weighted by atomic mass is 10.1. The zero-order chi connectivity index (χ0) is 12.3. The molecule has 92 valence electrons. The highest BCUT2D eigenvalue weighted by Crippen LogP contribution is 2.23. The summed E-state index contributed by atoms with van der Waals surface area (Å²) in [5.41, 5.74) is 1.61. The van der Waals surface area contributed by atoms with E-state index in [1.165, 1.54) is 7.11 Å². The van der Waals surface area contributed by atoms with Crippen LogP contribution in [0, 0.1) is 0 Å². The number of carbonyl (C=O) groups excluding carboxylic acids is 1. The fourth-order valence-electron chi connectivity index (χ4n) is 2.21. The minimum absolute atomic E-state index is 0.272. The van der Waals surface area contributed by atoms with Gasteiger partial charge in [0.15, 0.2) is 0 Å². The third-order valence-corrected chi connectivity index (χ3v) is 3.12. The molecule has 1 aromatic rings. The minimum atomic E-state index is -0.272. The highest BCUT2D eigenvalue weighted by molar-refractivity contribution is 5.95. The van der Waals surface area contributed by atoms with Gasteiger partial charge in [-0.25, -0.2) is 4.79 Å². The molecule has 4 nitrogen and oxygen atoms in total. The van der Waals surface area contributed by atoms with E-state index in [-0.39, 0.29) is 5.97 Å². The van der Waals surface area contributed by atoms with Crippen LogP contribution in [0.15, 0.2) is 24.3 Å². The number of anilines is 1. The van der Waals surface area contributed by atoms with Crippen molar-refractivity contribution in [3.05, 3.63) is 29.8 Å². The van der Waals surface area contributed by atoms with Crippen LogP contribution in [0.3, 0.4) is 0 Å². The van der Waals surface area contributed by atoms with Gasteiger partial charge in [0.25, 0.3) is 0 Å². The van der Waals surface area contributed by atoms with E-state index >= 15 is 0 Å². The molecular formula is C13H18N2O2. The first-order valence-electron chi connectivity index (χ1n) is 5.88. The molecular weight excluding hydrogens is 216 g/mol. The average Bonchev–Trinajstić information content (AvgIpc) is 2.38. The van der Waals surface area contributed by atoms with Crippen LogP contribution in [0.2, 0.25) is 0 Å². The smallest absolute Gasteiger partial charge is 0.339 e. The topological polar surface area (TPSA) is 41.6 Å². The second kappa shape index (κ2) is 5.19. The van der Waals surface area contributed by atoms with Crippen molar-refractivity contribution in [2.45, 2.75) is 13.0 Å². The van der Waals surface area contributed by atoms with Crippen molar-refractivity contribution in [1.29, 1.82) is 0 Å². The molecule has 1 fully saturated rings. The number of methoxy groups -OCH3 is 1. The van der Waals surface area contributed by atoms with Gasteiger partial charge in [-0.2, -0.15) is 0 Å². The Morgan fingerprint density at radius 3 is 2.94 bits per heavy atom. The molecule has 1 aliphatic heterocycles. The molecule has 1 heterocycles. The third-order valence-electron chi connectivity index (χ3n) is 3.12. The molecule has 0 radical (unpaired) electrons. The lowest BCUT2D eigenvalue weighted by Crippen LogP contribution is -2.50. The predicted octanol–water partition coefficient (Wildman–Crippen LogP) is 1.27. The Bertz CT molecular complexity index is 406. The van der Waals surface area contributed by atoms with Gasteiger partial charge in [-0.15, -0.1) is 0 Å². The van der Waals surface area contributed by atoms with E-state index in [1.807, 2.05) is 24.3 Å². The zero-order valence-electron chi connectivity index (χ0n) is 10.3. The maximum atomic E-state index is 11.7. The van der Waals surface area contributed by atoms with Crippen LogP contribution < -0.4 is 10.2 Å². The fraction of sp³-hybridized carbons (Fsp3) is 0.462. The van der Waals surface area contributed by atoms with E-state index in [0.29, 0.717) is 11.6 Å². The quantitative estimate of drug-likeness (QED) is 0.782. The van der Waals surface area contributed by atoms with E-state index in [9.17, 15) is 4.79 Å². The van der Waals surface area contributed by atoms with Crippen LogP contribution in [0.4, 0.5) is 5.69 Å². The molecule has 4 heteroatoms. The van der Waals surface area contributed by atoms with E-state index in [2.05, 4.69) is 17.1 Å². The fourth-order valence-corrected chi connectivity index (χ4v) is 2.21. The summed E-state index contributed by atoms with van der Waals surface area (Å²) in [5.74, 6) is -0.272. The van der Waals surface area contributed by atoms with Gasteiger partial charge in [0.1, 0.15) is 0 Å². The lowest BCUT2D eigenvalue weighted by molar-refractivity contribution is 0.0601. The summed E-state index contributed by atoms with van der Waals surface area (Å²) in [6, 6.07) is 8.00. The number of nitrogens with zero attached hydrogens (tertiary/aromatic N) is 1. The highest BCUT2D eigenvalue weighted by atomic mass is 16.5. The predicted molar refractivity (Wildman–Crippen MR) is 67.5 cm³/mol. The van der Waals surface area contributed by atoms with Gasteiger partial charge >= 0.3 is 5.97 Å². The molecule has 1 saturated heterocycles. The van der Waals surface area contributed by atoms with Gasteiger partial charge in [0, 0.05) is 25.7 Å². The number of carbonyl (C=O) groups is 1. The van der Waals surface area contributed by atoms with Crippen molar-refractivity contribution in [2.24, 2.45) is 0 Å². The molecule has 1 N–H and O–H groups in total. The van der Waals surface area contributed by atoms with Crippen molar-refractivity contribution in [1.82, 2.24) is 5.32 Å². The molecule has 0 aliphatic carbocycles. The normalized spacial score (nSPS) is 20.1. The van der Waals surface area contributed by atoms with Crippen molar-refractivity contribution >= 4 is 11.7 Å². The van der Waals surface area contributed by atoms with Crippen LogP contribution in [-0.4, -0.2) is 38.8 Å². The summed E-state index contributed by atoms with van der Waals surface area (Å²) < 4.78 is 4.82. The van der Waals surface area contributed by atoms with E-state index in [0.717, 1.165) is 25.3 Å². The van der Waals surface area contributed by atoms with Crippen molar-refractivity contribution in [3.63, 3.8) is 0 Å². The summed E-state index contributed by atoms with van der Waals surface area (Å²) in [4.78, 5) is 14.0. The van der Waals surface area contributed by atoms with Gasteiger partial charge < -0.3 is 15.0 Å². The van der Waals surface area contributed by atoms with Gasteiger partial charge in [-0.1, -0.05) is 12.1 Å². The van der Waals surface area contributed by atoms with Crippen molar-refractivity contribution in [3.8, 4) is 0 Å². The monoisotopic (exact) mass is 234 g/mol. The standard InChI is InChI=1S/C13H18N2O2/c1-10-9-14-7-8-15(10)12-6-4-3-5-11(12)13(16)17-2/h3-6,10,14H,7-9H2,1-2H3/t10-/m0/s1. The van der Waals surface area contributed by atoms with Crippen molar-refractivity contribution < 1.29 is 9.53 Å². The van der Waals surface area contributed by atoms with Gasteiger partial charge in [0.2, 0.25) is 0 Å². The van der Waals surface area contributed by atoms with Crippen LogP contribution in [0.25, 0.3) is 0 Å². The van der Waals surface area contributed by atoms with Gasteiger partial charge in [-0.3, -0.25) is 0 Å². The molecule has 1 aromatic carbocycles. The molecule has 0 amide bonds. The SMILES string of the molecule is COC(=O)c1ccccc1N1CCNC[C@@H]1C. The number of benzene rings is 1. The maximum Gasteiger partial charge on any atom is 0.339 e. The molecule has 0 aromatic heterocycles. The summed E-state index contributed by atoms with van der Waals surface area (Å²) in [7, 11) is 1.42. The largest absolute Gasteiger partial charge is 0.465 e. The molecule has 17 heavy (non-hydrogen) atoms. The first-order valence-corrected chi connectivity index (χ1v) is 5.88. The third kappa shape index (κ3) is 2.42. The highest BCUT2D eigenvalue weighted by Gasteiger charge is 2.22. The molecule has 0 unspecified atom stereocenters. The number of hydrogen-bond acceptors (Lipinski definition) is 4. The van der Waals surface area contributed by atoms with E-state index in [1.54, 1.807) is 0 Å². The average molecular weight is 234 g/mol. The molecule has 0 saturated carbocycles. The number of nitrogens with one attached hydrogen (secondary N) is 1. The Kier molecular flexibility index (Phi) is 3.64. The first kappa shape index (κ1) is 11.9. The van der Waals surface area contributed by atoms with Crippen LogP contribution in [-0.2, 0) is 4.74 Å². The zero-order valence-corrected chi connectivity index (χ0v) is 10.3. The van der Waals surface area contributed by atoms with Crippen LogP contribution in [0.1, 0.15) is 17.3 Å². The number of ether oxygens (including phenoxy) is 1. The second-order valence-corrected chi connectivity index (χ2v) is 4.26. The number of piperazine rings is 1. The molecule has 1 aliphatic rings. The van der Waals surface area contributed by atoms with Crippen LogP contribution >= 0.6 is 0 Å². The Balaban J connectivity index is 2.33. The van der Waals surface area contributed by atoms with Gasteiger partial charge in [0.05, 0.1) is 18.4 Å². The van der Waals surface area contributed by atoms with E-state index in [4.69, 9.17) is 4.74 Å². The summed E-state index contributed by atoms with van der Waals surface area (Å²) in [5, 5.41) is 3.34. The van der Waals surface area contributed by atoms with Crippen molar-refractivity contribution in [2.75, 3.05) is 31.6 Å². The Morgan fingerprint density at radius 1 is 1.47 bits per heavy atom. The summed E-state index contributed by atoms with van der Waals surface area (Å²) in [6.07, 6.45) is 0. The van der Waals surface area contributed by atoms with Gasteiger partial charge in [-0.05, 0) is 19.1 Å². The second-order valence-electron chi connectivity index (χ2n) is 4.26. The number of para-hydroxylation sites is 1. The Labute approximate surface area is 102 Å². The molecule has 2 rings (SSSR count). The molecule has 0 spiro atoms. The minimum Gasteiger partial charge on any atom is -0.465 e. The number of hydrogen-bond donors (Lipinski definition) is 1. The Morgan fingerprint density at radius 2 is 2.24 bits per heavy atom. The van der Waals surface area contributed by atoms with Crippen LogP contribution in [0.5, 0.6) is 0 Å². The maximum absolute atomic E-state index is 11.7. The summed E-state index contributed by atoms with van der Waals surface area (Å²) in [6.45, 7) is 4.95. The summed E-state index contributed by atoms with van der Waals surface area (Å²) >= 11 is 0. The molecule has 1 atom stereocenters. The number of rotatable bonds is 2. The Hall–Kier alpha value is -1.55.